The third-order valence-electron chi connectivity index (χ3n) is 4.46. The predicted molar refractivity (Wildman–Crippen MR) is 70.1 cm³/mol. The second-order valence-electron chi connectivity index (χ2n) is 5.62. The Kier molecular flexibility index (Phi) is 3.29. The summed E-state index contributed by atoms with van der Waals surface area (Å²) in [4.78, 5) is 24.6. The SMILES string of the molecule is C=C1C(C(C)C)C2CC1(C(=O)OC)C(=O)C=C2OC. The average Bonchev–Trinajstić information content (AvgIpc) is 2.65. The highest BCUT2D eigenvalue weighted by Crippen LogP contribution is 2.58. The van der Waals surface area contributed by atoms with Gasteiger partial charge in [0.2, 0.25) is 0 Å². The molecule has 104 valence electrons. The summed E-state index contributed by atoms with van der Waals surface area (Å²) in [5.41, 5.74) is -0.524. The van der Waals surface area contributed by atoms with Gasteiger partial charge in [-0.25, -0.2) is 0 Å². The topological polar surface area (TPSA) is 52.6 Å². The molecule has 0 aromatic rings. The lowest BCUT2D eigenvalue weighted by atomic mass is 9.75. The van der Waals surface area contributed by atoms with E-state index in [-0.39, 0.29) is 23.5 Å². The van der Waals surface area contributed by atoms with Crippen LogP contribution in [0, 0.1) is 23.2 Å². The summed E-state index contributed by atoms with van der Waals surface area (Å²) < 4.78 is 10.2. The monoisotopic (exact) mass is 264 g/mol. The third-order valence-corrected chi connectivity index (χ3v) is 4.46. The second-order valence-corrected chi connectivity index (χ2v) is 5.62. The van der Waals surface area contributed by atoms with Gasteiger partial charge in [0.25, 0.3) is 0 Å². The van der Waals surface area contributed by atoms with E-state index < -0.39 is 11.4 Å². The van der Waals surface area contributed by atoms with Crippen molar-refractivity contribution in [2.24, 2.45) is 23.2 Å². The summed E-state index contributed by atoms with van der Waals surface area (Å²) in [7, 11) is 2.87. The molecule has 3 unspecified atom stereocenters. The van der Waals surface area contributed by atoms with Crippen LogP contribution in [0.25, 0.3) is 0 Å². The van der Waals surface area contributed by atoms with Crippen molar-refractivity contribution in [1.29, 1.82) is 0 Å². The van der Waals surface area contributed by atoms with E-state index in [9.17, 15) is 9.59 Å². The van der Waals surface area contributed by atoms with Gasteiger partial charge in [-0.3, -0.25) is 9.59 Å². The van der Waals surface area contributed by atoms with Gasteiger partial charge in [0.05, 0.1) is 14.2 Å². The zero-order valence-electron chi connectivity index (χ0n) is 11.9. The lowest BCUT2D eigenvalue weighted by Gasteiger charge is -2.28. The minimum atomic E-state index is -1.20. The molecule has 0 heterocycles. The molecule has 1 saturated carbocycles. The van der Waals surface area contributed by atoms with E-state index in [4.69, 9.17) is 9.47 Å². The molecule has 0 saturated heterocycles. The highest BCUT2D eigenvalue weighted by atomic mass is 16.5. The predicted octanol–water partition coefficient (Wildman–Crippen LogP) is 2.11. The first-order valence-corrected chi connectivity index (χ1v) is 6.47. The Morgan fingerprint density at radius 1 is 1.47 bits per heavy atom. The van der Waals surface area contributed by atoms with Crippen LogP contribution in [0.2, 0.25) is 0 Å². The molecule has 0 aromatic carbocycles. The van der Waals surface area contributed by atoms with Crippen molar-refractivity contribution in [3.8, 4) is 0 Å². The number of fused-ring (bicyclic) bond motifs is 2. The zero-order chi connectivity index (χ0) is 14.4. The fraction of sp³-hybridized carbons (Fsp3) is 0.600. The number of hydrogen-bond acceptors (Lipinski definition) is 4. The molecular formula is C15H20O4. The smallest absolute Gasteiger partial charge is 0.323 e. The molecule has 19 heavy (non-hydrogen) atoms. The maximum Gasteiger partial charge on any atom is 0.323 e. The van der Waals surface area contributed by atoms with E-state index in [1.807, 2.05) is 0 Å². The lowest BCUT2D eigenvalue weighted by molar-refractivity contribution is -0.154. The molecule has 0 aliphatic heterocycles. The van der Waals surface area contributed by atoms with Gasteiger partial charge in [0.15, 0.2) is 11.2 Å². The molecule has 2 rings (SSSR count). The van der Waals surface area contributed by atoms with Gasteiger partial charge >= 0.3 is 5.97 Å². The number of hydrogen-bond donors (Lipinski definition) is 0. The Bertz CT molecular complexity index is 475. The Balaban J connectivity index is 2.57. The maximum atomic E-state index is 12.4. The number of carbonyl (C=O) groups excluding carboxylic acids is 2. The van der Waals surface area contributed by atoms with E-state index in [0.29, 0.717) is 17.8 Å². The molecule has 0 aromatic heterocycles. The van der Waals surface area contributed by atoms with E-state index in [1.54, 1.807) is 7.11 Å². The summed E-state index contributed by atoms with van der Waals surface area (Å²) in [6, 6.07) is 0. The molecule has 1 fully saturated rings. The molecule has 3 atom stereocenters. The number of ether oxygens (including phenoxy) is 2. The van der Waals surface area contributed by atoms with Crippen LogP contribution in [0.1, 0.15) is 20.3 Å². The lowest BCUT2D eigenvalue weighted by Crippen LogP contribution is -2.40. The van der Waals surface area contributed by atoms with E-state index in [2.05, 4.69) is 20.4 Å². The largest absolute Gasteiger partial charge is 0.501 e. The minimum Gasteiger partial charge on any atom is -0.501 e. The number of allylic oxidation sites excluding steroid dienone is 2. The zero-order valence-corrected chi connectivity index (χ0v) is 11.9. The maximum absolute atomic E-state index is 12.4. The van der Waals surface area contributed by atoms with Gasteiger partial charge in [-0.15, -0.1) is 0 Å². The second kappa shape index (κ2) is 4.51. The first kappa shape index (κ1) is 13.8. The van der Waals surface area contributed by atoms with Crippen LogP contribution in [0.15, 0.2) is 24.0 Å². The molecule has 4 heteroatoms. The fourth-order valence-electron chi connectivity index (χ4n) is 3.58. The quantitative estimate of drug-likeness (QED) is 0.445. The standard InChI is InChI=1S/C15H20O4/c1-8(2)13-9(3)15(14(17)19-5)7-10(13)11(18-4)6-12(15)16/h6,8,10,13H,3,7H2,1-2,4-5H3. The number of methoxy groups -OCH3 is 2. The van der Waals surface area contributed by atoms with Crippen molar-refractivity contribution in [1.82, 2.24) is 0 Å². The first-order valence-electron chi connectivity index (χ1n) is 6.47. The minimum absolute atomic E-state index is 0.0364. The van der Waals surface area contributed by atoms with Crippen molar-refractivity contribution in [2.45, 2.75) is 20.3 Å². The molecule has 0 N–H and O–H groups in total. The number of esters is 1. The van der Waals surface area contributed by atoms with E-state index in [0.717, 1.165) is 0 Å². The van der Waals surface area contributed by atoms with E-state index in [1.165, 1.54) is 13.2 Å². The van der Waals surface area contributed by atoms with Gasteiger partial charge in [0, 0.05) is 12.0 Å². The fourth-order valence-corrected chi connectivity index (χ4v) is 3.58. The highest BCUT2D eigenvalue weighted by Gasteiger charge is 2.62. The number of ketones is 1. The number of rotatable bonds is 3. The summed E-state index contributed by atoms with van der Waals surface area (Å²) in [6.07, 6.45) is 1.86. The van der Waals surface area contributed by atoms with Crippen molar-refractivity contribution in [3.05, 3.63) is 24.0 Å². The van der Waals surface area contributed by atoms with Crippen LogP contribution >= 0.6 is 0 Å². The van der Waals surface area contributed by atoms with Gasteiger partial charge in [-0.2, -0.15) is 0 Å². The molecule has 4 nitrogen and oxygen atoms in total. The Morgan fingerprint density at radius 2 is 2.11 bits per heavy atom. The van der Waals surface area contributed by atoms with E-state index >= 15 is 0 Å². The van der Waals surface area contributed by atoms with Crippen LogP contribution in [0.5, 0.6) is 0 Å². The summed E-state index contributed by atoms with van der Waals surface area (Å²) in [5, 5.41) is 0. The molecule has 0 spiro atoms. The number of carbonyl (C=O) groups is 2. The highest BCUT2D eigenvalue weighted by molar-refractivity contribution is 6.13. The Hall–Kier alpha value is -1.58. The van der Waals surface area contributed by atoms with Crippen molar-refractivity contribution in [2.75, 3.05) is 14.2 Å². The van der Waals surface area contributed by atoms with Crippen molar-refractivity contribution in [3.63, 3.8) is 0 Å². The van der Waals surface area contributed by atoms with Crippen molar-refractivity contribution < 1.29 is 19.1 Å². The van der Waals surface area contributed by atoms with Gasteiger partial charge in [0.1, 0.15) is 5.76 Å². The van der Waals surface area contributed by atoms with Crippen molar-refractivity contribution >= 4 is 11.8 Å². The molecule has 0 radical (unpaired) electrons. The van der Waals surface area contributed by atoms with Crippen LogP contribution in [0.4, 0.5) is 0 Å². The first-order chi connectivity index (χ1) is 8.90. The van der Waals surface area contributed by atoms with Gasteiger partial charge < -0.3 is 9.47 Å². The average molecular weight is 264 g/mol. The summed E-state index contributed by atoms with van der Waals surface area (Å²) >= 11 is 0. The molecule has 2 bridgehead atoms. The third kappa shape index (κ3) is 1.66. The van der Waals surface area contributed by atoms with Gasteiger partial charge in [-0.1, -0.05) is 20.4 Å². The van der Waals surface area contributed by atoms with Crippen LogP contribution in [-0.4, -0.2) is 26.0 Å². The molecule has 0 amide bonds. The Morgan fingerprint density at radius 3 is 2.58 bits per heavy atom. The molecular weight excluding hydrogens is 244 g/mol. The van der Waals surface area contributed by atoms with Crippen LogP contribution in [-0.2, 0) is 19.1 Å². The normalized spacial score (nSPS) is 33.4. The summed E-state index contributed by atoms with van der Waals surface area (Å²) in [6.45, 7) is 8.19. The van der Waals surface area contributed by atoms with Crippen LogP contribution in [0.3, 0.4) is 0 Å². The Labute approximate surface area is 113 Å². The summed E-state index contributed by atoms with van der Waals surface area (Å²) in [5.74, 6) is 0.282. The molecule has 2 aliphatic carbocycles. The van der Waals surface area contributed by atoms with Crippen LogP contribution < -0.4 is 0 Å². The molecule has 2 aliphatic rings. The van der Waals surface area contributed by atoms with Gasteiger partial charge in [-0.05, 0) is 23.8 Å².